The number of fused-ring (bicyclic) bond motifs is 1. The number of aromatic carboxylic acids is 1. The lowest BCUT2D eigenvalue weighted by atomic mass is 10.1. The number of hydrogen-bond acceptors (Lipinski definition) is 3. The van der Waals surface area contributed by atoms with Crippen molar-refractivity contribution in [1.29, 1.82) is 0 Å². The molecule has 4 heteroatoms. The van der Waals surface area contributed by atoms with Gasteiger partial charge in [0.2, 0.25) is 0 Å². The van der Waals surface area contributed by atoms with E-state index in [0.29, 0.717) is 5.56 Å². The summed E-state index contributed by atoms with van der Waals surface area (Å²) in [6, 6.07) is 7.15. The highest BCUT2D eigenvalue weighted by molar-refractivity contribution is 6.06. The van der Waals surface area contributed by atoms with E-state index in [4.69, 9.17) is 0 Å². The molecule has 1 N–H and O–H groups in total. The molecule has 0 radical (unpaired) electrons. The second kappa shape index (κ2) is 4.29. The average Bonchev–Trinajstić information content (AvgIpc) is 2.91. The molecule has 0 aliphatic carbocycles. The second-order valence-electron chi connectivity index (χ2n) is 4.53. The number of carboxylic acids is 1. The van der Waals surface area contributed by atoms with E-state index in [0.717, 1.165) is 29.7 Å². The number of carbonyl (C=O) groups is 1. The monoisotopic (exact) mass is 242 g/mol. The lowest BCUT2D eigenvalue weighted by molar-refractivity contribution is 0.0699. The fraction of sp³-hybridized carbons (Fsp3) is 0.286. The number of anilines is 1. The smallest absolute Gasteiger partial charge is 0.336 e. The summed E-state index contributed by atoms with van der Waals surface area (Å²) < 4.78 is 0. The maximum Gasteiger partial charge on any atom is 0.336 e. The lowest BCUT2D eigenvalue weighted by Gasteiger charge is -2.18. The van der Waals surface area contributed by atoms with Crippen molar-refractivity contribution in [2.75, 3.05) is 18.0 Å². The summed E-state index contributed by atoms with van der Waals surface area (Å²) in [5.74, 6) is 0.0206. The van der Waals surface area contributed by atoms with Crippen LogP contribution in [0.4, 0.5) is 5.82 Å². The van der Waals surface area contributed by atoms with Crippen LogP contribution >= 0.6 is 0 Å². The Morgan fingerprint density at radius 3 is 2.67 bits per heavy atom. The van der Waals surface area contributed by atoms with Crippen LogP contribution in [0.3, 0.4) is 0 Å². The molecule has 1 aliphatic heterocycles. The van der Waals surface area contributed by atoms with E-state index in [1.54, 1.807) is 24.4 Å². The van der Waals surface area contributed by atoms with Gasteiger partial charge in [0.05, 0.1) is 5.56 Å². The molecule has 1 fully saturated rings. The van der Waals surface area contributed by atoms with Gasteiger partial charge in [0.15, 0.2) is 0 Å². The van der Waals surface area contributed by atoms with Crippen LogP contribution in [0.15, 0.2) is 30.5 Å². The molecule has 2 aromatic rings. The third-order valence-electron chi connectivity index (χ3n) is 3.42. The van der Waals surface area contributed by atoms with Crippen molar-refractivity contribution in [3.8, 4) is 0 Å². The van der Waals surface area contributed by atoms with Crippen LogP contribution in [0.2, 0.25) is 0 Å². The first kappa shape index (κ1) is 11.0. The van der Waals surface area contributed by atoms with Gasteiger partial charge in [-0.1, -0.05) is 12.1 Å². The summed E-state index contributed by atoms with van der Waals surface area (Å²) in [7, 11) is 0. The topological polar surface area (TPSA) is 53.4 Å². The van der Waals surface area contributed by atoms with Crippen LogP contribution in [0.5, 0.6) is 0 Å². The molecule has 18 heavy (non-hydrogen) atoms. The molecule has 1 saturated heterocycles. The maximum atomic E-state index is 11.2. The Morgan fingerprint density at radius 2 is 1.94 bits per heavy atom. The molecule has 0 unspecified atom stereocenters. The van der Waals surface area contributed by atoms with E-state index >= 15 is 0 Å². The van der Waals surface area contributed by atoms with Crippen LogP contribution in [0.1, 0.15) is 23.2 Å². The first-order chi connectivity index (χ1) is 8.77. The van der Waals surface area contributed by atoms with Crippen LogP contribution in [0.25, 0.3) is 10.8 Å². The molecule has 1 aliphatic rings. The van der Waals surface area contributed by atoms with Gasteiger partial charge in [-0.2, -0.15) is 0 Å². The van der Waals surface area contributed by atoms with Gasteiger partial charge in [0.25, 0.3) is 0 Å². The summed E-state index contributed by atoms with van der Waals surface area (Å²) in [6.07, 6.45) is 4.05. The van der Waals surface area contributed by atoms with Crippen molar-refractivity contribution in [3.05, 3.63) is 36.0 Å². The summed E-state index contributed by atoms with van der Waals surface area (Å²) >= 11 is 0. The Hall–Kier alpha value is -2.10. The number of carboxylic acid groups (broad SMARTS) is 1. The minimum atomic E-state index is -0.890. The Kier molecular flexibility index (Phi) is 2.63. The van der Waals surface area contributed by atoms with Gasteiger partial charge in [0.1, 0.15) is 5.82 Å². The molecule has 0 spiro atoms. The quantitative estimate of drug-likeness (QED) is 0.879. The Bertz CT molecular complexity index is 604. The van der Waals surface area contributed by atoms with E-state index in [1.165, 1.54) is 12.8 Å². The van der Waals surface area contributed by atoms with E-state index < -0.39 is 5.97 Å². The van der Waals surface area contributed by atoms with Crippen molar-refractivity contribution >= 4 is 22.6 Å². The molecule has 92 valence electrons. The Morgan fingerprint density at radius 1 is 1.17 bits per heavy atom. The molecule has 4 nitrogen and oxygen atoms in total. The lowest BCUT2D eigenvalue weighted by Crippen LogP contribution is -2.19. The zero-order valence-corrected chi connectivity index (χ0v) is 9.97. The molecule has 2 heterocycles. The van der Waals surface area contributed by atoms with Gasteiger partial charge in [0, 0.05) is 30.1 Å². The summed E-state index contributed by atoms with van der Waals surface area (Å²) in [5.41, 5.74) is 0.343. The van der Waals surface area contributed by atoms with Crippen molar-refractivity contribution in [2.24, 2.45) is 0 Å². The third kappa shape index (κ3) is 1.70. The zero-order chi connectivity index (χ0) is 12.5. The predicted octanol–water partition coefficient (Wildman–Crippen LogP) is 2.53. The highest BCUT2D eigenvalue weighted by Gasteiger charge is 2.17. The molecule has 0 amide bonds. The van der Waals surface area contributed by atoms with Crippen LogP contribution in [-0.4, -0.2) is 29.1 Å². The molecule has 3 rings (SSSR count). The number of pyridine rings is 1. The molecular formula is C14H14N2O2. The van der Waals surface area contributed by atoms with Gasteiger partial charge in [-0.25, -0.2) is 9.78 Å². The largest absolute Gasteiger partial charge is 0.478 e. The Balaban J connectivity index is 2.22. The highest BCUT2D eigenvalue weighted by Crippen LogP contribution is 2.28. The summed E-state index contributed by atoms with van der Waals surface area (Å²) in [5, 5.41) is 10.9. The predicted molar refractivity (Wildman–Crippen MR) is 70.1 cm³/mol. The summed E-state index contributed by atoms with van der Waals surface area (Å²) in [6.45, 7) is 2.01. The number of benzene rings is 1. The van der Waals surface area contributed by atoms with Crippen molar-refractivity contribution in [3.63, 3.8) is 0 Å². The standard InChI is InChI=1S/C14H14N2O2/c17-14(18)12-5-3-4-11-10(12)6-7-15-13(11)16-8-1-2-9-16/h3-7H,1-2,8-9H2,(H,17,18). The first-order valence-corrected chi connectivity index (χ1v) is 6.13. The van der Waals surface area contributed by atoms with Crippen molar-refractivity contribution < 1.29 is 9.90 Å². The van der Waals surface area contributed by atoms with E-state index in [-0.39, 0.29) is 0 Å². The minimum Gasteiger partial charge on any atom is -0.478 e. The van der Waals surface area contributed by atoms with Crippen molar-refractivity contribution in [2.45, 2.75) is 12.8 Å². The maximum absolute atomic E-state index is 11.2. The van der Waals surface area contributed by atoms with Gasteiger partial charge in [-0.3, -0.25) is 0 Å². The van der Waals surface area contributed by atoms with E-state index in [1.807, 2.05) is 6.07 Å². The van der Waals surface area contributed by atoms with Gasteiger partial charge in [-0.15, -0.1) is 0 Å². The molecule has 0 atom stereocenters. The van der Waals surface area contributed by atoms with Crippen LogP contribution < -0.4 is 4.90 Å². The number of aromatic nitrogens is 1. The number of nitrogens with zero attached hydrogens (tertiary/aromatic N) is 2. The van der Waals surface area contributed by atoms with E-state index in [2.05, 4.69) is 9.88 Å². The van der Waals surface area contributed by atoms with Gasteiger partial charge < -0.3 is 10.0 Å². The molecular weight excluding hydrogens is 228 g/mol. The zero-order valence-electron chi connectivity index (χ0n) is 9.97. The van der Waals surface area contributed by atoms with E-state index in [9.17, 15) is 9.90 Å². The van der Waals surface area contributed by atoms with Gasteiger partial charge >= 0.3 is 5.97 Å². The molecule has 1 aromatic heterocycles. The Labute approximate surface area is 105 Å². The fourth-order valence-corrected chi connectivity index (χ4v) is 2.56. The molecule has 0 bridgehead atoms. The SMILES string of the molecule is O=C(O)c1cccc2c(N3CCCC3)nccc12. The molecule has 1 aromatic carbocycles. The van der Waals surface area contributed by atoms with Crippen LogP contribution in [-0.2, 0) is 0 Å². The number of rotatable bonds is 2. The fourth-order valence-electron chi connectivity index (χ4n) is 2.56. The van der Waals surface area contributed by atoms with Crippen LogP contribution in [0, 0.1) is 0 Å². The first-order valence-electron chi connectivity index (χ1n) is 6.13. The third-order valence-corrected chi connectivity index (χ3v) is 3.42. The average molecular weight is 242 g/mol. The second-order valence-corrected chi connectivity index (χ2v) is 4.53. The normalized spacial score (nSPS) is 15.2. The highest BCUT2D eigenvalue weighted by atomic mass is 16.4. The van der Waals surface area contributed by atoms with Crippen molar-refractivity contribution in [1.82, 2.24) is 4.98 Å². The summed E-state index contributed by atoms with van der Waals surface area (Å²) in [4.78, 5) is 17.9. The number of hydrogen-bond donors (Lipinski definition) is 1. The minimum absolute atomic E-state index is 0.343. The van der Waals surface area contributed by atoms with Gasteiger partial charge in [-0.05, 0) is 25.0 Å². The molecule has 0 saturated carbocycles.